The molecule has 0 unspecified atom stereocenters. The number of aromatic nitrogens is 4. The number of rotatable bonds is 4. The number of hydrogen-bond donors (Lipinski definition) is 2. The highest BCUT2D eigenvalue weighted by Crippen LogP contribution is 2.19. The molecule has 0 radical (unpaired) electrons. The standard InChI is InChI=1S/C20H17N5O3/c1-13-10-21-20(28)25(13)17-9-5-4-8-16(17)23-18(26)12-24-19(27)15-7-3-2-6-14(15)11-22-24/h2-11H,12H2,1H3,(H,21,28)(H,23,26). The van der Waals surface area contributed by atoms with Crippen LogP contribution < -0.4 is 16.6 Å². The first-order chi connectivity index (χ1) is 13.5. The Bertz CT molecular complexity index is 1300. The SMILES string of the molecule is Cc1c[nH]c(=O)n1-c1ccccc1NC(=O)Cn1ncc2ccccc2c1=O. The van der Waals surface area contributed by atoms with Crippen LogP contribution >= 0.6 is 0 Å². The van der Waals surface area contributed by atoms with Crippen LogP contribution in [-0.4, -0.2) is 25.2 Å². The summed E-state index contributed by atoms with van der Waals surface area (Å²) in [5.41, 5.74) is 1.08. The molecular weight excluding hydrogens is 358 g/mol. The molecule has 140 valence electrons. The van der Waals surface area contributed by atoms with E-state index in [0.29, 0.717) is 22.5 Å². The van der Waals surface area contributed by atoms with Gasteiger partial charge in [0.2, 0.25) is 5.91 Å². The molecule has 4 aromatic rings. The van der Waals surface area contributed by atoms with Crippen LogP contribution in [0.2, 0.25) is 0 Å². The quantitative estimate of drug-likeness (QED) is 0.568. The number of aromatic amines is 1. The summed E-state index contributed by atoms with van der Waals surface area (Å²) in [7, 11) is 0. The largest absolute Gasteiger partial charge is 0.330 e. The number of carbonyl (C=O) groups excluding carboxylic acids is 1. The molecule has 0 spiro atoms. The summed E-state index contributed by atoms with van der Waals surface area (Å²) in [5, 5.41) is 8.06. The highest BCUT2D eigenvalue weighted by atomic mass is 16.2. The van der Waals surface area contributed by atoms with E-state index in [-0.39, 0.29) is 17.8 Å². The van der Waals surface area contributed by atoms with E-state index in [1.807, 2.05) is 6.07 Å². The summed E-state index contributed by atoms with van der Waals surface area (Å²) in [6.45, 7) is 1.55. The summed E-state index contributed by atoms with van der Waals surface area (Å²) < 4.78 is 2.59. The number of nitrogens with one attached hydrogen (secondary N) is 2. The maximum absolute atomic E-state index is 12.6. The zero-order valence-corrected chi connectivity index (χ0v) is 15.0. The molecule has 0 atom stereocenters. The molecule has 2 aromatic carbocycles. The molecule has 4 rings (SSSR count). The second kappa shape index (κ2) is 6.99. The van der Waals surface area contributed by atoms with Gasteiger partial charge in [-0.3, -0.25) is 14.2 Å². The molecule has 0 saturated carbocycles. The first kappa shape index (κ1) is 17.5. The Morgan fingerprint density at radius 2 is 1.86 bits per heavy atom. The van der Waals surface area contributed by atoms with E-state index in [2.05, 4.69) is 15.4 Å². The Morgan fingerprint density at radius 1 is 1.11 bits per heavy atom. The van der Waals surface area contributed by atoms with Crippen molar-refractivity contribution in [3.05, 3.63) is 87.5 Å². The van der Waals surface area contributed by atoms with Gasteiger partial charge in [-0.15, -0.1) is 0 Å². The molecule has 2 N–H and O–H groups in total. The van der Waals surface area contributed by atoms with Crippen molar-refractivity contribution in [2.24, 2.45) is 0 Å². The summed E-state index contributed by atoms with van der Waals surface area (Å²) in [4.78, 5) is 39.8. The van der Waals surface area contributed by atoms with E-state index in [4.69, 9.17) is 0 Å². The van der Waals surface area contributed by atoms with Gasteiger partial charge in [-0.25, -0.2) is 9.48 Å². The number of hydrogen-bond acceptors (Lipinski definition) is 4. The third-order valence-electron chi connectivity index (χ3n) is 4.43. The highest BCUT2D eigenvalue weighted by Gasteiger charge is 2.13. The van der Waals surface area contributed by atoms with Gasteiger partial charge >= 0.3 is 5.69 Å². The summed E-state index contributed by atoms with van der Waals surface area (Å²) in [6.07, 6.45) is 3.15. The van der Waals surface area contributed by atoms with E-state index >= 15 is 0 Å². The normalized spacial score (nSPS) is 10.9. The van der Waals surface area contributed by atoms with Crippen molar-refractivity contribution in [2.75, 3.05) is 5.32 Å². The van der Waals surface area contributed by atoms with Gasteiger partial charge in [-0.1, -0.05) is 30.3 Å². The molecule has 8 heteroatoms. The van der Waals surface area contributed by atoms with Gasteiger partial charge in [0, 0.05) is 17.3 Å². The van der Waals surface area contributed by atoms with Crippen LogP contribution in [0.3, 0.4) is 0 Å². The molecule has 0 bridgehead atoms. The van der Waals surface area contributed by atoms with Gasteiger partial charge in [0.25, 0.3) is 5.56 Å². The number of aryl methyl sites for hydroxylation is 1. The molecule has 0 fully saturated rings. The minimum Gasteiger partial charge on any atom is -0.323 e. The minimum absolute atomic E-state index is 0.237. The monoisotopic (exact) mass is 375 g/mol. The van der Waals surface area contributed by atoms with Crippen molar-refractivity contribution in [3.8, 4) is 5.69 Å². The summed E-state index contributed by atoms with van der Waals surface area (Å²) >= 11 is 0. The maximum Gasteiger partial charge on any atom is 0.330 e. The van der Waals surface area contributed by atoms with Crippen LogP contribution in [0.4, 0.5) is 5.69 Å². The van der Waals surface area contributed by atoms with Gasteiger partial charge in [-0.05, 0) is 25.1 Å². The van der Waals surface area contributed by atoms with Crippen LogP contribution in [0.15, 0.2) is 70.5 Å². The first-order valence-corrected chi connectivity index (χ1v) is 8.66. The lowest BCUT2D eigenvalue weighted by atomic mass is 10.2. The van der Waals surface area contributed by atoms with E-state index in [9.17, 15) is 14.4 Å². The number of carbonyl (C=O) groups is 1. The Labute approximate surface area is 159 Å². The predicted molar refractivity (Wildman–Crippen MR) is 106 cm³/mol. The van der Waals surface area contributed by atoms with Crippen molar-refractivity contribution in [1.82, 2.24) is 19.3 Å². The molecule has 2 heterocycles. The maximum atomic E-state index is 12.6. The lowest BCUT2D eigenvalue weighted by Gasteiger charge is -2.13. The van der Waals surface area contributed by atoms with Crippen LogP contribution in [0.1, 0.15) is 5.69 Å². The average molecular weight is 375 g/mol. The fraction of sp³-hybridized carbons (Fsp3) is 0.100. The van der Waals surface area contributed by atoms with Crippen molar-refractivity contribution in [3.63, 3.8) is 0 Å². The predicted octanol–water partition coefficient (Wildman–Crippen LogP) is 1.82. The fourth-order valence-electron chi connectivity index (χ4n) is 3.10. The van der Waals surface area contributed by atoms with Gasteiger partial charge < -0.3 is 10.3 Å². The van der Waals surface area contributed by atoms with Crippen molar-refractivity contribution < 1.29 is 4.79 Å². The van der Waals surface area contributed by atoms with Crippen LogP contribution in [0.5, 0.6) is 0 Å². The van der Waals surface area contributed by atoms with Crippen molar-refractivity contribution in [2.45, 2.75) is 13.5 Å². The second-order valence-electron chi connectivity index (χ2n) is 6.33. The Hall–Kier alpha value is -3.94. The highest BCUT2D eigenvalue weighted by molar-refractivity contribution is 5.93. The smallest absolute Gasteiger partial charge is 0.323 e. The van der Waals surface area contributed by atoms with E-state index < -0.39 is 5.91 Å². The Morgan fingerprint density at radius 3 is 2.64 bits per heavy atom. The molecule has 8 nitrogen and oxygen atoms in total. The molecule has 28 heavy (non-hydrogen) atoms. The topological polar surface area (TPSA) is 102 Å². The number of para-hydroxylation sites is 2. The van der Waals surface area contributed by atoms with Gasteiger partial charge in [0.15, 0.2) is 0 Å². The molecule has 2 aromatic heterocycles. The molecule has 0 aliphatic rings. The number of fused-ring (bicyclic) bond motifs is 1. The lowest BCUT2D eigenvalue weighted by molar-refractivity contribution is -0.117. The first-order valence-electron chi connectivity index (χ1n) is 8.66. The number of imidazole rings is 1. The number of anilines is 1. The average Bonchev–Trinajstić information content (AvgIpc) is 3.03. The van der Waals surface area contributed by atoms with Crippen molar-refractivity contribution in [1.29, 1.82) is 0 Å². The minimum atomic E-state index is -0.418. The molecule has 0 aliphatic carbocycles. The van der Waals surface area contributed by atoms with Crippen LogP contribution in [0.25, 0.3) is 16.5 Å². The third-order valence-corrected chi connectivity index (χ3v) is 4.43. The molecule has 0 saturated heterocycles. The van der Waals surface area contributed by atoms with Crippen LogP contribution in [-0.2, 0) is 11.3 Å². The summed E-state index contributed by atoms with van der Waals surface area (Å²) in [6, 6.07) is 14.0. The van der Waals surface area contributed by atoms with Gasteiger partial charge in [0.05, 0.1) is 23.0 Å². The van der Waals surface area contributed by atoms with Crippen LogP contribution in [0, 0.1) is 6.92 Å². The Kier molecular flexibility index (Phi) is 4.36. The third kappa shape index (κ3) is 3.11. The van der Waals surface area contributed by atoms with Crippen molar-refractivity contribution >= 4 is 22.4 Å². The number of nitrogens with zero attached hydrogens (tertiary/aromatic N) is 3. The fourth-order valence-corrected chi connectivity index (χ4v) is 3.10. The number of benzene rings is 2. The van der Waals surface area contributed by atoms with Gasteiger partial charge in [0.1, 0.15) is 6.54 Å². The number of amides is 1. The van der Waals surface area contributed by atoms with E-state index in [1.54, 1.807) is 61.8 Å². The second-order valence-corrected chi connectivity index (χ2v) is 6.33. The molecule has 1 amide bonds. The number of H-pyrrole nitrogens is 1. The Balaban J connectivity index is 1.63. The zero-order chi connectivity index (χ0) is 19.7. The summed E-state index contributed by atoms with van der Waals surface area (Å²) in [5.74, 6) is -0.418. The molecule has 0 aliphatic heterocycles. The van der Waals surface area contributed by atoms with E-state index in [1.165, 1.54) is 4.57 Å². The van der Waals surface area contributed by atoms with E-state index in [0.717, 1.165) is 10.1 Å². The van der Waals surface area contributed by atoms with Gasteiger partial charge in [-0.2, -0.15) is 5.10 Å². The lowest BCUT2D eigenvalue weighted by Crippen LogP contribution is -2.30. The zero-order valence-electron chi connectivity index (χ0n) is 15.0. The molecular formula is C20H17N5O3.